The smallest absolute Gasteiger partial charge is 0.158 e. The van der Waals surface area contributed by atoms with Crippen LogP contribution in [0.2, 0.25) is 0 Å². The number of hydrogen-bond donors (Lipinski definition) is 0. The molecule has 0 N–H and O–H groups in total. The quantitative estimate of drug-likeness (QED) is 0.836. The number of nitrogens with zero attached hydrogens (tertiary/aromatic N) is 3. The van der Waals surface area contributed by atoms with Gasteiger partial charge in [0, 0.05) is 12.0 Å². The molecule has 2 atom stereocenters. The van der Waals surface area contributed by atoms with Gasteiger partial charge in [0.15, 0.2) is 5.84 Å². The van der Waals surface area contributed by atoms with E-state index in [1.807, 2.05) is 0 Å². The predicted molar refractivity (Wildman–Crippen MR) is 97.9 cm³/mol. The minimum absolute atomic E-state index is 0.277. The van der Waals surface area contributed by atoms with Gasteiger partial charge in [-0.05, 0) is 18.1 Å². The van der Waals surface area contributed by atoms with Crippen LogP contribution in [-0.2, 0) is 6.42 Å². The van der Waals surface area contributed by atoms with Crippen LogP contribution in [0.3, 0.4) is 0 Å². The van der Waals surface area contributed by atoms with E-state index in [2.05, 4.69) is 88.8 Å². The maximum Gasteiger partial charge on any atom is 0.158 e. The maximum atomic E-state index is 5.04. The Bertz CT molecular complexity index is 850. The lowest BCUT2D eigenvalue weighted by Crippen LogP contribution is -2.47. The Hall–Kier alpha value is -2.81. The van der Waals surface area contributed by atoms with Gasteiger partial charge in [-0.1, -0.05) is 72.8 Å². The molecule has 2 aromatic rings. The molecule has 1 aliphatic carbocycles. The van der Waals surface area contributed by atoms with Gasteiger partial charge in [0.25, 0.3) is 0 Å². The summed E-state index contributed by atoms with van der Waals surface area (Å²) in [5.74, 6) is 1.08. The molecule has 2 aliphatic heterocycles. The average Bonchev–Trinajstić information content (AvgIpc) is 3.19. The molecule has 0 spiro atoms. The molecule has 5 rings (SSSR count). The highest BCUT2D eigenvalue weighted by Gasteiger charge is 2.43. The number of hydrogen-bond acceptors (Lipinski definition) is 3. The molecule has 0 saturated carbocycles. The van der Waals surface area contributed by atoms with Crippen LogP contribution in [0.5, 0.6) is 0 Å². The number of fused-ring (bicyclic) bond motifs is 3. The van der Waals surface area contributed by atoms with Gasteiger partial charge in [0.2, 0.25) is 0 Å². The minimum atomic E-state index is 0.277. The van der Waals surface area contributed by atoms with Gasteiger partial charge in [0.05, 0.1) is 11.7 Å². The van der Waals surface area contributed by atoms with E-state index in [1.165, 1.54) is 16.8 Å². The second kappa shape index (κ2) is 5.38. The number of rotatable bonds is 2. The van der Waals surface area contributed by atoms with Crippen LogP contribution in [0.25, 0.3) is 0 Å². The third kappa shape index (κ3) is 2.01. The molecule has 118 valence electrons. The van der Waals surface area contributed by atoms with Crippen molar-refractivity contribution in [3.63, 3.8) is 0 Å². The summed E-state index contributed by atoms with van der Waals surface area (Å²) in [6.45, 7) is 0. The Labute approximate surface area is 142 Å². The predicted octanol–water partition coefficient (Wildman–Crippen LogP) is 3.94. The molecule has 0 bridgehead atoms. The van der Waals surface area contributed by atoms with Crippen molar-refractivity contribution in [3.8, 4) is 0 Å². The largest absolute Gasteiger partial charge is 0.325 e. The van der Waals surface area contributed by atoms with Crippen LogP contribution in [-0.4, -0.2) is 22.9 Å². The molecular weight excluding hydrogens is 294 g/mol. The first-order chi connectivity index (χ1) is 11.9. The third-order valence-corrected chi connectivity index (χ3v) is 5.04. The first-order valence-corrected chi connectivity index (χ1v) is 8.55. The monoisotopic (exact) mass is 313 g/mol. The molecule has 0 aromatic heterocycles. The Kier molecular flexibility index (Phi) is 3.05. The first-order valence-electron chi connectivity index (χ1n) is 8.55. The average molecular weight is 313 g/mol. The lowest BCUT2D eigenvalue weighted by Gasteiger charge is -2.34. The highest BCUT2D eigenvalue weighted by molar-refractivity contribution is 6.02. The summed E-state index contributed by atoms with van der Waals surface area (Å²) in [5.41, 5.74) is 3.82. The molecule has 0 radical (unpaired) electrons. The van der Waals surface area contributed by atoms with Crippen LogP contribution in [0.15, 0.2) is 84.0 Å². The Morgan fingerprint density at radius 1 is 0.917 bits per heavy atom. The fourth-order valence-electron chi connectivity index (χ4n) is 3.93. The summed E-state index contributed by atoms with van der Waals surface area (Å²) < 4.78 is 0. The molecule has 2 aromatic carbocycles. The van der Waals surface area contributed by atoms with Gasteiger partial charge in [-0.25, -0.2) is 5.01 Å². The topological polar surface area (TPSA) is 18.8 Å². The van der Waals surface area contributed by atoms with Crippen molar-refractivity contribution >= 4 is 11.5 Å². The minimum Gasteiger partial charge on any atom is -0.325 e. The second-order valence-electron chi connectivity index (χ2n) is 6.47. The summed E-state index contributed by atoms with van der Waals surface area (Å²) in [5, 5.41) is 7.25. The first kappa shape index (κ1) is 13.6. The molecule has 2 unspecified atom stereocenters. The number of hydrazone groups is 1. The Morgan fingerprint density at radius 3 is 2.58 bits per heavy atom. The summed E-state index contributed by atoms with van der Waals surface area (Å²) in [7, 11) is 0. The molecule has 3 aliphatic rings. The third-order valence-electron chi connectivity index (χ3n) is 5.04. The van der Waals surface area contributed by atoms with Crippen molar-refractivity contribution in [1.29, 1.82) is 0 Å². The van der Waals surface area contributed by atoms with Crippen molar-refractivity contribution in [2.75, 3.05) is 5.01 Å². The summed E-state index contributed by atoms with van der Waals surface area (Å²) in [6, 6.07) is 19.5. The Balaban J connectivity index is 1.61. The van der Waals surface area contributed by atoms with Gasteiger partial charge < -0.3 is 4.90 Å². The fraction of sp³-hybridized carbons (Fsp3) is 0.190. The zero-order valence-electron chi connectivity index (χ0n) is 13.4. The number of benzene rings is 2. The normalized spacial score (nSPS) is 24.1. The van der Waals surface area contributed by atoms with Gasteiger partial charge >= 0.3 is 0 Å². The summed E-state index contributed by atoms with van der Waals surface area (Å²) in [6.07, 6.45) is 11.2. The lowest BCUT2D eigenvalue weighted by molar-refractivity contribution is 0.292. The van der Waals surface area contributed by atoms with E-state index in [0.29, 0.717) is 6.04 Å². The van der Waals surface area contributed by atoms with E-state index >= 15 is 0 Å². The van der Waals surface area contributed by atoms with E-state index in [9.17, 15) is 0 Å². The highest BCUT2D eigenvalue weighted by Crippen LogP contribution is 2.39. The van der Waals surface area contributed by atoms with Crippen LogP contribution < -0.4 is 5.01 Å². The van der Waals surface area contributed by atoms with Crippen LogP contribution in [0.1, 0.15) is 17.5 Å². The van der Waals surface area contributed by atoms with E-state index in [-0.39, 0.29) is 6.17 Å². The molecule has 0 fully saturated rings. The van der Waals surface area contributed by atoms with Crippen molar-refractivity contribution in [3.05, 3.63) is 90.0 Å². The zero-order chi connectivity index (χ0) is 15.9. The number of allylic oxidation sites excluding steroid dienone is 2. The molecule has 3 heteroatoms. The molecule has 2 heterocycles. The van der Waals surface area contributed by atoms with Gasteiger partial charge in [-0.2, -0.15) is 5.10 Å². The molecular formula is C21H19N3. The lowest BCUT2D eigenvalue weighted by atomic mass is 10.0. The second-order valence-corrected chi connectivity index (χ2v) is 6.47. The molecule has 0 saturated heterocycles. The van der Waals surface area contributed by atoms with E-state index in [0.717, 1.165) is 18.7 Å². The van der Waals surface area contributed by atoms with Crippen molar-refractivity contribution < 1.29 is 0 Å². The van der Waals surface area contributed by atoms with E-state index in [1.54, 1.807) is 0 Å². The van der Waals surface area contributed by atoms with Gasteiger partial charge in [0.1, 0.15) is 6.17 Å². The standard InChI is InChI=1S/C21H19N3/c1-3-9-16(10-4-1)21-22-24-19-14-8-7-11-17(19)15-20(24)23(21)18-12-5-2-6-13-18/h1-12,14,18,20H,13,15H2. The fourth-order valence-corrected chi connectivity index (χ4v) is 3.93. The molecule has 0 amide bonds. The maximum absolute atomic E-state index is 5.04. The van der Waals surface area contributed by atoms with Crippen molar-refractivity contribution in [1.82, 2.24) is 4.90 Å². The molecule has 24 heavy (non-hydrogen) atoms. The SMILES string of the molecule is C1=CCC(N2C(c3ccccc3)=NN3c4ccccc4CC32)C=C1. The number of anilines is 1. The molecule has 3 nitrogen and oxygen atoms in total. The van der Waals surface area contributed by atoms with E-state index < -0.39 is 0 Å². The highest BCUT2D eigenvalue weighted by atomic mass is 15.6. The van der Waals surface area contributed by atoms with Crippen molar-refractivity contribution in [2.45, 2.75) is 25.0 Å². The summed E-state index contributed by atoms with van der Waals surface area (Å²) >= 11 is 0. The van der Waals surface area contributed by atoms with E-state index in [4.69, 9.17) is 5.10 Å². The van der Waals surface area contributed by atoms with Crippen LogP contribution >= 0.6 is 0 Å². The van der Waals surface area contributed by atoms with Crippen LogP contribution in [0.4, 0.5) is 5.69 Å². The zero-order valence-corrected chi connectivity index (χ0v) is 13.4. The Morgan fingerprint density at radius 2 is 1.75 bits per heavy atom. The van der Waals surface area contributed by atoms with Gasteiger partial charge in [-0.15, -0.1) is 0 Å². The number of para-hydroxylation sites is 1. The summed E-state index contributed by atoms with van der Waals surface area (Å²) in [4.78, 5) is 2.50. The van der Waals surface area contributed by atoms with Gasteiger partial charge in [-0.3, -0.25) is 0 Å². The van der Waals surface area contributed by atoms with Crippen molar-refractivity contribution in [2.24, 2.45) is 5.10 Å². The van der Waals surface area contributed by atoms with Crippen LogP contribution in [0, 0.1) is 0 Å². The number of amidine groups is 1.